The van der Waals surface area contributed by atoms with E-state index in [1.165, 1.54) is 0 Å². The van der Waals surface area contributed by atoms with Crippen LogP contribution in [0.4, 0.5) is 0 Å². The molecule has 3 heteroatoms. The molecule has 0 aliphatic heterocycles. The van der Waals surface area contributed by atoms with E-state index in [9.17, 15) is 4.79 Å². The molecule has 0 saturated heterocycles. The van der Waals surface area contributed by atoms with Crippen LogP contribution in [0.15, 0.2) is 45.7 Å². The minimum atomic E-state index is -0.0466. The van der Waals surface area contributed by atoms with E-state index < -0.39 is 0 Å². The minimum Gasteiger partial charge on any atom is -0.458 e. The SMILES string of the molecule is CCc1ccc(C(=O)c2ccccc2SC)o1. The Morgan fingerprint density at radius 3 is 2.65 bits per heavy atom. The molecule has 1 aromatic heterocycles. The van der Waals surface area contributed by atoms with Crippen LogP contribution in [0.5, 0.6) is 0 Å². The molecule has 17 heavy (non-hydrogen) atoms. The third-order valence-corrected chi connectivity index (χ3v) is 3.38. The Morgan fingerprint density at radius 2 is 2.00 bits per heavy atom. The third-order valence-electron chi connectivity index (χ3n) is 2.59. The van der Waals surface area contributed by atoms with Gasteiger partial charge in [0.2, 0.25) is 5.78 Å². The number of carbonyl (C=O) groups is 1. The second-order valence-electron chi connectivity index (χ2n) is 3.65. The van der Waals surface area contributed by atoms with Gasteiger partial charge >= 0.3 is 0 Å². The van der Waals surface area contributed by atoms with Crippen molar-refractivity contribution in [1.29, 1.82) is 0 Å². The van der Waals surface area contributed by atoms with E-state index in [1.54, 1.807) is 17.8 Å². The fourth-order valence-electron chi connectivity index (χ4n) is 1.65. The zero-order chi connectivity index (χ0) is 12.3. The van der Waals surface area contributed by atoms with Crippen LogP contribution >= 0.6 is 11.8 Å². The number of aryl methyl sites for hydroxylation is 1. The summed E-state index contributed by atoms with van der Waals surface area (Å²) in [6.45, 7) is 2.00. The molecule has 0 unspecified atom stereocenters. The normalized spacial score (nSPS) is 10.5. The molecule has 0 bridgehead atoms. The average Bonchev–Trinajstić information content (AvgIpc) is 2.86. The first-order chi connectivity index (χ1) is 8.26. The lowest BCUT2D eigenvalue weighted by Gasteiger charge is -2.03. The second-order valence-corrected chi connectivity index (χ2v) is 4.50. The second kappa shape index (κ2) is 5.23. The summed E-state index contributed by atoms with van der Waals surface area (Å²) in [7, 11) is 0. The predicted octanol–water partition coefficient (Wildman–Crippen LogP) is 3.79. The molecule has 0 fully saturated rings. The van der Waals surface area contributed by atoms with E-state index in [2.05, 4.69) is 0 Å². The van der Waals surface area contributed by atoms with Crippen molar-refractivity contribution in [2.45, 2.75) is 18.2 Å². The number of ketones is 1. The Balaban J connectivity index is 2.36. The molecule has 0 spiro atoms. The zero-order valence-electron chi connectivity index (χ0n) is 9.90. The fourth-order valence-corrected chi connectivity index (χ4v) is 2.25. The highest BCUT2D eigenvalue weighted by Gasteiger charge is 2.16. The van der Waals surface area contributed by atoms with Gasteiger partial charge in [-0.05, 0) is 30.5 Å². The number of thioether (sulfide) groups is 1. The maximum Gasteiger partial charge on any atom is 0.229 e. The molecule has 88 valence electrons. The summed E-state index contributed by atoms with van der Waals surface area (Å²) >= 11 is 1.57. The van der Waals surface area contributed by atoms with Gasteiger partial charge in [0.25, 0.3) is 0 Å². The van der Waals surface area contributed by atoms with Crippen LogP contribution in [-0.4, -0.2) is 12.0 Å². The van der Waals surface area contributed by atoms with Crippen molar-refractivity contribution in [2.75, 3.05) is 6.26 Å². The highest BCUT2D eigenvalue weighted by atomic mass is 32.2. The van der Waals surface area contributed by atoms with Crippen molar-refractivity contribution in [2.24, 2.45) is 0 Å². The number of rotatable bonds is 4. The number of furan rings is 1. The Hall–Kier alpha value is -1.48. The lowest BCUT2D eigenvalue weighted by atomic mass is 10.1. The maximum atomic E-state index is 12.2. The number of hydrogen-bond donors (Lipinski definition) is 0. The van der Waals surface area contributed by atoms with Crippen LogP contribution in [0.1, 0.15) is 28.8 Å². The molecule has 0 radical (unpaired) electrons. The van der Waals surface area contributed by atoms with E-state index in [4.69, 9.17) is 4.42 Å². The monoisotopic (exact) mass is 246 g/mol. The Kier molecular flexibility index (Phi) is 3.69. The zero-order valence-corrected chi connectivity index (χ0v) is 10.7. The van der Waals surface area contributed by atoms with Crippen molar-refractivity contribution in [3.63, 3.8) is 0 Å². The molecule has 0 aliphatic carbocycles. The Labute approximate surface area is 105 Å². The summed E-state index contributed by atoms with van der Waals surface area (Å²) in [5.41, 5.74) is 0.706. The molecule has 2 rings (SSSR count). The van der Waals surface area contributed by atoms with E-state index in [0.29, 0.717) is 11.3 Å². The van der Waals surface area contributed by atoms with Gasteiger partial charge in [-0.25, -0.2) is 0 Å². The molecule has 0 saturated carbocycles. The van der Waals surface area contributed by atoms with Gasteiger partial charge in [-0.2, -0.15) is 0 Å². The van der Waals surface area contributed by atoms with Gasteiger partial charge in [0.15, 0.2) is 5.76 Å². The summed E-state index contributed by atoms with van der Waals surface area (Å²) < 4.78 is 5.49. The summed E-state index contributed by atoms with van der Waals surface area (Å²) in [5, 5.41) is 0. The van der Waals surface area contributed by atoms with Crippen LogP contribution in [0.25, 0.3) is 0 Å². The van der Waals surface area contributed by atoms with Gasteiger partial charge < -0.3 is 4.42 Å². The molecule has 0 N–H and O–H groups in total. The number of hydrogen-bond acceptors (Lipinski definition) is 3. The third kappa shape index (κ3) is 2.44. The molecule has 1 heterocycles. The van der Waals surface area contributed by atoms with Crippen LogP contribution < -0.4 is 0 Å². The molecular weight excluding hydrogens is 232 g/mol. The van der Waals surface area contributed by atoms with Gasteiger partial charge in [-0.3, -0.25) is 4.79 Å². The largest absolute Gasteiger partial charge is 0.458 e. The quantitative estimate of drug-likeness (QED) is 0.607. The Bertz CT molecular complexity index is 529. The van der Waals surface area contributed by atoms with Gasteiger partial charge in [-0.1, -0.05) is 19.1 Å². The number of carbonyl (C=O) groups excluding carboxylic acids is 1. The average molecular weight is 246 g/mol. The molecular formula is C14H14O2S. The summed E-state index contributed by atoms with van der Waals surface area (Å²) in [6.07, 6.45) is 2.77. The highest BCUT2D eigenvalue weighted by Crippen LogP contribution is 2.23. The summed E-state index contributed by atoms with van der Waals surface area (Å²) in [4.78, 5) is 13.2. The molecule has 0 amide bonds. The van der Waals surface area contributed by atoms with Gasteiger partial charge in [0.05, 0.1) is 0 Å². The molecule has 0 atom stereocenters. The molecule has 1 aromatic carbocycles. The molecule has 2 aromatic rings. The van der Waals surface area contributed by atoms with Crippen molar-refractivity contribution in [3.8, 4) is 0 Å². The van der Waals surface area contributed by atoms with E-state index in [1.807, 2.05) is 43.5 Å². The van der Waals surface area contributed by atoms with Gasteiger partial charge in [-0.15, -0.1) is 11.8 Å². The maximum absolute atomic E-state index is 12.2. The van der Waals surface area contributed by atoms with E-state index in [0.717, 1.165) is 17.1 Å². The first kappa shape index (κ1) is 12.0. The smallest absolute Gasteiger partial charge is 0.229 e. The fraction of sp³-hybridized carbons (Fsp3) is 0.214. The summed E-state index contributed by atoms with van der Waals surface area (Å²) in [6, 6.07) is 11.2. The van der Waals surface area contributed by atoms with E-state index >= 15 is 0 Å². The topological polar surface area (TPSA) is 30.2 Å². The Morgan fingerprint density at radius 1 is 1.24 bits per heavy atom. The standard InChI is InChI=1S/C14H14O2S/c1-3-10-8-9-12(16-10)14(15)11-6-4-5-7-13(11)17-2/h4-9H,3H2,1-2H3. The van der Waals surface area contributed by atoms with E-state index in [-0.39, 0.29) is 5.78 Å². The van der Waals surface area contributed by atoms with Crippen molar-refractivity contribution >= 4 is 17.5 Å². The van der Waals surface area contributed by atoms with Crippen molar-refractivity contribution < 1.29 is 9.21 Å². The van der Waals surface area contributed by atoms with Gasteiger partial charge in [0.1, 0.15) is 5.76 Å². The molecule has 0 aliphatic rings. The number of benzene rings is 1. The minimum absolute atomic E-state index is 0.0466. The first-order valence-corrected chi connectivity index (χ1v) is 6.75. The van der Waals surface area contributed by atoms with Crippen LogP contribution in [0.2, 0.25) is 0 Å². The highest BCUT2D eigenvalue weighted by molar-refractivity contribution is 7.98. The summed E-state index contributed by atoms with van der Waals surface area (Å²) in [5.74, 6) is 1.22. The predicted molar refractivity (Wildman–Crippen MR) is 69.7 cm³/mol. The lowest BCUT2D eigenvalue weighted by Crippen LogP contribution is -2.01. The van der Waals surface area contributed by atoms with Crippen LogP contribution in [-0.2, 0) is 6.42 Å². The van der Waals surface area contributed by atoms with Crippen LogP contribution in [0.3, 0.4) is 0 Å². The van der Waals surface area contributed by atoms with Gasteiger partial charge in [0, 0.05) is 16.9 Å². The lowest BCUT2D eigenvalue weighted by molar-refractivity contribution is 0.100. The van der Waals surface area contributed by atoms with Crippen LogP contribution in [0, 0.1) is 0 Å². The molecule has 2 nitrogen and oxygen atoms in total. The van der Waals surface area contributed by atoms with Crippen molar-refractivity contribution in [1.82, 2.24) is 0 Å². The first-order valence-electron chi connectivity index (χ1n) is 5.52. The van der Waals surface area contributed by atoms with Crippen molar-refractivity contribution in [3.05, 3.63) is 53.5 Å².